The number of aliphatic hydroxyl groups excluding tert-OH is 1. The third-order valence-electron chi connectivity index (χ3n) is 10.8. The summed E-state index contributed by atoms with van der Waals surface area (Å²) in [5.74, 6) is -3.15. The Morgan fingerprint density at radius 1 is 1.18 bits per heavy atom. The van der Waals surface area contributed by atoms with Gasteiger partial charge in [-0.1, -0.05) is 26.0 Å². The van der Waals surface area contributed by atoms with Gasteiger partial charge in [-0.15, -0.1) is 0 Å². The van der Waals surface area contributed by atoms with Crippen LogP contribution in [0.3, 0.4) is 0 Å². The van der Waals surface area contributed by atoms with Crippen molar-refractivity contribution in [1.82, 2.24) is 4.90 Å². The Morgan fingerprint density at radius 3 is 2.54 bits per heavy atom. The lowest BCUT2D eigenvalue weighted by Crippen LogP contribution is -2.69. The fraction of sp³-hybridized carbons (Fsp3) is 0.613. The molecule has 0 aliphatic heterocycles. The number of aryl methyl sites for hydroxylation is 1. The number of aliphatic carboxylic acids is 1. The van der Waals surface area contributed by atoms with E-state index < -0.39 is 57.8 Å². The molecule has 0 bridgehead atoms. The van der Waals surface area contributed by atoms with Crippen molar-refractivity contribution in [3.8, 4) is 0 Å². The molecule has 0 saturated heterocycles. The number of carboxylic acids is 1. The molecule has 0 spiro atoms. The Labute approximate surface area is 227 Å². The molecule has 4 aliphatic carbocycles. The summed E-state index contributed by atoms with van der Waals surface area (Å²) < 4.78 is 47.1. The molecule has 5 rings (SSSR count). The fourth-order valence-electron chi connectivity index (χ4n) is 8.84. The van der Waals surface area contributed by atoms with Crippen LogP contribution in [0.1, 0.15) is 57.6 Å². The molecular formula is C31H38F3NO4. The summed E-state index contributed by atoms with van der Waals surface area (Å²) in [6.45, 7) is 5.75. The van der Waals surface area contributed by atoms with Crippen molar-refractivity contribution in [2.75, 3.05) is 13.6 Å². The van der Waals surface area contributed by atoms with Crippen LogP contribution in [0, 0.1) is 33.9 Å². The number of allylic oxidation sites excluding steroid dienone is 4. The van der Waals surface area contributed by atoms with Gasteiger partial charge >= 0.3 is 5.97 Å². The molecule has 39 heavy (non-hydrogen) atoms. The number of rotatable bonds is 6. The summed E-state index contributed by atoms with van der Waals surface area (Å²) >= 11 is 0. The topological polar surface area (TPSA) is 77.8 Å². The molecule has 0 unspecified atom stereocenters. The maximum Gasteiger partial charge on any atom is 0.311 e. The fourth-order valence-corrected chi connectivity index (χ4v) is 8.84. The highest BCUT2D eigenvalue weighted by atomic mass is 19.1. The number of benzene rings is 1. The first kappa shape index (κ1) is 28.1. The molecule has 3 fully saturated rings. The second-order valence-corrected chi connectivity index (χ2v) is 12.8. The number of carbonyl (C=O) groups excluding carboxylic acids is 1. The van der Waals surface area contributed by atoms with Crippen LogP contribution in [-0.4, -0.2) is 58.4 Å². The van der Waals surface area contributed by atoms with Crippen LogP contribution in [-0.2, 0) is 22.6 Å². The molecule has 5 nitrogen and oxygen atoms in total. The molecule has 0 radical (unpaired) electrons. The first-order valence-electron chi connectivity index (χ1n) is 13.9. The van der Waals surface area contributed by atoms with E-state index in [-0.39, 0.29) is 37.2 Å². The van der Waals surface area contributed by atoms with Gasteiger partial charge in [0.05, 0.1) is 11.5 Å². The van der Waals surface area contributed by atoms with Crippen LogP contribution >= 0.6 is 0 Å². The van der Waals surface area contributed by atoms with E-state index in [0.29, 0.717) is 19.4 Å². The van der Waals surface area contributed by atoms with Crippen molar-refractivity contribution in [2.24, 2.45) is 28.1 Å². The first-order chi connectivity index (χ1) is 18.2. The lowest BCUT2D eigenvalue weighted by atomic mass is 9.43. The van der Waals surface area contributed by atoms with Gasteiger partial charge in [0.2, 0.25) is 0 Å². The standard InChI is InChI=1S/C31H38F3NO4/c1-5-18-10-19(12-20(32)11-18)16-35(4)17-30(27(38)39)9-7-22-23-14-25(33)24-13-21(36)6-8-28(24,2)31(23,34)26(37)15-29(22,30)3/h6,8,10-13,22-23,25-26,37H,5,7,9,14-17H2,1-4H3,(H,38,39)/t22-,23-,25-,26-,28-,29-,30-,31-/m0/s1. The van der Waals surface area contributed by atoms with Crippen molar-refractivity contribution in [3.63, 3.8) is 0 Å². The quantitative estimate of drug-likeness (QED) is 0.513. The van der Waals surface area contributed by atoms with Crippen LogP contribution in [0.2, 0.25) is 0 Å². The number of alkyl halides is 2. The Morgan fingerprint density at radius 2 is 1.87 bits per heavy atom. The van der Waals surface area contributed by atoms with E-state index >= 15 is 8.78 Å². The van der Waals surface area contributed by atoms with E-state index in [0.717, 1.165) is 17.2 Å². The summed E-state index contributed by atoms with van der Waals surface area (Å²) in [5, 5.41) is 22.2. The highest BCUT2D eigenvalue weighted by Crippen LogP contribution is 2.72. The highest BCUT2D eigenvalue weighted by Gasteiger charge is 2.75. The molecule has 0 amide bonds. The molecule has 3 saturated carbocycles. The Bertz CT molecular complexity index is 1260. The van der Waals surface area contributed by atoms with Gasteiger partial charge in [-0.05, 0) is 98.4 Å². The number of hydrogen-bond acceptors (Lipinski definition) is 4. The van der Waals surface area contributed by atoms with Crippen molar-refractivity contribution in [3.05, 3.63) is 58.9 Å². The molecule has 0 heterocycles. The van der Waals surface area contributed by atoms with Crippen LogP contribution in [0.25, 0.3) is 0 Å². The zero-order valence-electron chi connectivity index (χ0n) is 23.0. The summed E-state index contributed by atoms with van der Waals surface area (Å²) in [6, 6.07) is 4.84. The minimum absolute atomic E-state index is 0.0557. The van der Waals surface area contributed by atoms with Gasteiger partial charge in [0.25, 0.3) is 0 Å². The largest absolute Gasteiger partial charge is 0.481 e. The van der Waals surface area contributed by atoms with Gasteiger partial charge in [-0.2, -0.15) is 0 Å². The third kappa shape index (κ3) is 3.88. The molecule has 4 aliphatic rings. The lowest BCUT2D eigenvalue weighted by Gasteiger charge is -2.63. The molecule has 8 atom stereocenters. The second-order valence-electron chi connectivity index (χ2n) is 12.8. The van der Waals surface area contributed by atoms with E-state index in [2.05, 4.69) is 0 Å². The van der Waals surface area contributed by atoms with Crippen LogP contribution in [0.4, 0.5) is 13.2 Å². The van der Waals surface area contributed by atoms with Crippen molar-refractivity contribution in [1.29, 1.82) is 0 Å². The number of carboxylic acid groups (broad SMARTS) is 1. The molecule has 8 heteroatoms. The van der Waals surface area contributed by atoms with E-state index in [1.165, 1.54) is 24.3 Å². The van der Waals surface area contributed by atoms with Gasteiger partial charge in [0.1, 0.15) is 12.0 Å². The van der Waals surface area contributed by atoms with Gasteiger partial charge in [-0.25, -0.2) is 13.2 Å². The molecule has 1 aromatic rings. The lowest BCUT2D eigenvalue weighted by molar-refractivity contribution is -0.216. The van der Waals surface area contributed by atoms with Gasteiger partial charge in [0, 0.05) is 24.4 Å². The first-order valence-corrected chi connectivity index (χ1v) is 13.9. The predicted molar refractivity (Wildman–Crippen MR) is 141 cm³/mol. The zero-order valence-corrected chi connectivity index (χ0v) is 23.0. The zero-order chi connectivity index (χ0) is 28.5. The minimum Gasteiger partial charge on any atom is -0.481 e. The van der Waals surface area contributed by atoms with Crippen LogP contribution < -0.4 is 0 Å². The number of hydrogen-bond donors (Lipinski definition) is 2. The monoisotopic (exact) mass is 545 g/mol. The number of carbonyl (C=O) groups is 2. The second kappa shape index (κ2) is 9.30. The summed E-state index contributed by atoms with van der Waals surface area (Å²) in [4.78, 5) is 27.0. The molecule has 2 N–H and O–H groups in total. The summed E-state index contributed by atoms with van der Waals surface area (Å²) in [5.41, 5.74) is -4.40. The van der Waals surface area contributed by atoms with E-state index in [4.69, 9.17) is 0 Å². The molecule has 1 aromatic carbocycles. The van der Waals surface area contributed by atoms with Gasteiger partial charge in [-0.3, -0.25) is 9.59 Å². The van der Waals surface area contributed by atoms with Gasteiger partial charge < -0.3 is 15.1 Å². The summed E-state index contributed by atoms with van der Waals surface area (Å²) in [6.07, 6.45) is 1.73. The summed E-state index contributed by atoms with van der Waals surface area (Å²) in [7, 11) is 1.79. The van der Waals surface area contributed by atoms with Crippen molar-refractivity contribution < 1.29 is 33.0 Å². The number of aliphatic hydroxyl groups is 1. The Kier molecular flexibility index (Phi) is 6.70. The Balaban J connectivity index is 1.49. The minimum atomic E-state index is -2.23. The average Bonchev–Trinajstić information content (AvgIpc) is 3.14. The van der Waals surface area contributed by atoms with E-state index in [1.807, 2.05) is 24.8 Å². The third-order valence-corrected chi connectivity index (χ3v) is 10.8. The predicted octanol–water partition coefficient (Wildman–Crippen LogP) is 5.21. The molecule has 212 valence electrons. The number of halogens is 3. The number of nitrogens with zero attached hydrogens (tertiary/aromatic N) is 1. The molecular weight excluding hydrogens is 507 g/mol. The maximum atomic E-state index is 17.3. The average molecular weight is 546 g/mol. The van der Waals surface area contributed by atoms with Crippen molar-refractivity contribution >= 4 is 11.8 Å². The van der Waals surface area contributed by atoms with Crippen molar-refractivity contribution in [2.45, 2.75) is 77.4 Å². The van der Waals surface area contributed by atoms with Crippen LogP contribution in [0.5, 0.6) is 0 Å². The SMILES string of the molecule is CCc1cc(F)cc(CN(C)C[C@]2(C(=O)O)CC[C@H]3[C@@H]4C[C@H](F)C5=CC(=O)C=C[C@]5(C)[C@@]4(F)[C@@H](O)C[C@@]32C)c1. The highest BCUT2D eigenvalue weighted by molar-refractivity contribution is 6.01. The smallest absolute Gasteiger partial charge is 0.311 e. The van der Waals surface area contributed by atoms with E-state index in [1.54, 1.807) is 14.0 Å². The Hall–Kier alpha value is -2.45. The molecule has 0 aromatic heterocycles. The van der Waals surface area contributed by atoms with Gasteiger partial charge in [0.15, 0.2) is 11.5 Å². The maximum absolute atomic E-state index is 17.3. The van der Waals surface area contributed by atoms with E-state index in [9.17, 15) is 24.2 Å². The number of fused-ring (bicyclic) bond motifs is 5. The van der Waals surface area contributed by atoms with Crippen LogP contribution in [0.15, 0.2) is 42.0 Å². The normalized spacial score (nSPS) is 41.2. The number of ketones is 1.